The van der Waals surface area contributed by atoms with Crippen molar-refractivity contribution >= 4 is 0 Å². The van der Waals surface area contributed by atoms with E-state index in [2.05, 4.69) is 4.90 Å². The van der Waals surface area contributed by atoms with Gasteiger partial charge >= 0.3 is 0 Å². The lowest BCUT2D eigenvalue weighted by atomic mass is 9.81. The monoisotopic (exact) mass is 369 g/mol. The molecule has 27 heavy (non-hydrogen) atoms. The van der Waals surface area contributed by atoms with Gasteiger partial charge in [-0.3, -0.25) is 0 Å². The van der Waals surface area contributed by atoms with Crippen LogP contribution in [0.15, 0.2) is 48.5 Å². The van der Waals surface area contributed by atoms with E-state index in [1.54, 1.807) is 7.11 Å². The van der Waals surface area contributed by atoms with Crippen molar-refractivity contribution in [3.63, 3.8) is 0 Å². The summed E-state index contributed by atoms with van der Waals surface area (Å²) in [7, 11) is 1.64. The number of β-amino-alcohol motifs (C(OH)–C–C–N with tert-alkyl or cyclic N) is 1. The zero-order chi connectivity index (χ0) is 18.9. The Bertz CT molecular complexity index is 768. The molecule has 2 N–H and O–H groups in total. The summed E-state index contributed by atoms with van der Waals surface area (Å²) in [5.41, 5.74) is 1.49. The third-order valence-electron chi connectivity index (χ3n) is 5.87. The number of rotatable bonds is 4. The summed E-state index contributed by atoms with van der Waals surface area (Å²) in [6, 6.07) is 15.3. The van der Waals surface area contributed by atoms with Gasteiger partial charge in [0.25, 0.3) is 0 Å². The van der Waals surface area contributed by atoms with Crippen LogP contribution in [0.3, 0.4) is 0 Å². The second-order valence-corrected chi connectivity index (χ2v) is 7.63. The summed E-state index contributed by atoms with van der Waals surface area (Å²) in [4.78, 5) is 2.27. The van der Waals surface area contributed by atoms with Crippen LogP contribution in [0.25, 0.3) is 0 Å². The van der Waals surface area contributed by atoms with E-state index >= 15 is 0 Å². The second kappa shape index (κ2) is 7.50. The first-order valence-corrected chi connectivity index (χ1v) is 9.59. The van der Waals surface area contributed by atoms with Gasteiger partial charge in [-0.2, -0.15) is 0 Å². The molecule has 4 rings (SSSR count). The largest absolute Gasteiger partial charge is 0.497 e. The Morgan fingerprint density at radius 1 is 1.15 bits per heavy atom. The van der Waals surface area contributed by atoms with Crippen LogP contribution in [0, 0.1) is 0 Å². The molecule has 2 unspecified atom stereocenters. The van der Waals surface area contributed by atoms with Crippen LogP contribution in [-0.2, 0) is 0 Å². The first kappa shape index (κ1) is 18.3. The molecule has 0 amide bonds. The van der Waals surface area contributed by atoms with E-state index in [4.69, 9.17) is 9.47 Å². The van der Waals surface area contributed by atoms with Gasteiger partial charge in [-0.1, -0.05) is 30.3 Å². The minimum atomic E-state index is -0.524. The second-order valence-electron chi connectivity index (χ2n) is 7.63. The smallest absolute Gasteiger partial charge is 0.125 e. The molecule has 1 spiro atoms. The van der Waals surface area contributed by atoms with Gasteiger partial charge in [-0.05, 0) is 36.6 Å². The zero-order valence-electron chi connectivity index (χ0n) is 15.7. The molecule has 2 heterocycles. The fraction of sp³-hybridized carbons (Fsp3) is 0.455. The predicted octanol–water partition coefficient (Wildman–Crippen LogP) is 3.08. The maximum absolute atomic E-state index is 10.6. The van der Waals surface area contributed by atoms with E-state index in [-0.39, 0.29) is 5.60 Å². The molecule has 2 aliphatic heterocycles. The van der Waals surface area contributed by atoms with Crippen molar-refractivity contribution in [1.82, 2.24) is 4.90 Å². The predicted molar refractivity (Wildman–Crippen MR) is 103 cm³/mol. The van der Waals surface area contributed by atoms with Crippen molar-refractivity contribution in [2.45, 2.75) is 37.1 Å². The minimum Gasteiger partial charge on any atom is -0.497 e. The number of piperidine rings is 1. The maximum atomic E-state index is 10.6. The highest BCUT2D eigenvalue weighted by molar-refractivity contribution is 5.38. The molecular formula is C22H27NO4. The standard InChI is InChI=1S/C22H27NO4/c1-26-17-8-6-16(7-9-17)20(25)15-23-12-10-22(11-13-23)14-19(24)18-4-2-3-5-21(18)27-22/h2-9,19-20,24-25H,10-15H2,1H3. The number of methoxy groups -OCH3 is 1. The molecule has 2 aromatic rings. The lowest BCUT2D eigenvalue weighted by Gasteiger charge is -2.46. The van der Waals surface area contributed by atoms with Crippen LogP contribution >= 0.6 is 0 Å². The highest BCUT2D eigenvalue weighted by Gasteiger charge is 2.42. The van der Waals surface area contributed by atoms with Gasteiger partial charge in [-0.25, -0.2) is 0 Å². The fourth-order valence-electron chi connectivity index (χ4n) is 4.21. The number of benzene rings is 2. The maximum Gasteiger partial charge on any atom is 0.125 e. The summed E-state index contributed by atoms with van der Waals surface area (Å²) >= 11 is 0. The van der Waals surface area contributed by atoms with Gasteiger partial charge in [0.05, 0.1) is 19.3 Å². The van der Waals surface area contributed by atoms with Crippen molar-refractivity contribution in [3.8, 4) is 11.5 Å². The Labute approximate surface area is 160 Å². The Balaban J connectivity index is 1.36. The fourth-order valence-corrected chi connectivity index (χ4v) is 4.21. The molecule has 1 fully saturated rings. The lowest BCUT2D eigenvalue weighted by Crippen LogP contribution is -2.51. The summed E-state index contributed by atoms with van der Waals surface area (Å²) in [6.07, 6.45) is 1.36. The number of hydrogen-bond donors (Lipinski definition) is 2. The summed E-state index contributed by atoms with van der Waals surface area (Å²) in [6.45, 7) is 2.30. The number of nitrogens with zero attached hydrogens (tertiary/aromatic N) is 1. The minimum absolute atomic E-state index is 0.296. The molecule has 144 valence electrons. The summed E-state index contributed by atoms with van der Waals surface area (Å²) in [5.74, 6) is 1.60. The normalized spacial score (nSPS) is 22.7. The van der Waals surface area contributed by atoms with Gasteiger partial charge in [-0.15, -0.1) is 0 Å². The average Bonchev–Trinajstić information content (AvgIpc) is 2.70. The Kier molecular flexibility index (Phi) is 5.08. The molecule has 0 aromatic heterocycles. The molecule has 2 aliphatic rings. The van der Waals surface area contributed by atoms with E-state index in [1.807, 2.05) is 48.5 Å². The Morgan fingerprint density at radius 2 is 1.85 bits per heavy atom. The zero-order valence-corrected chi connectivity index (χ0v) is 15.7. The number of para-hydroxylation sites is 1. The number of aliphatic hydroxyl groups is 2. The third-order valence-corrected chi connectivity index (χ3v) is 5.87. The van der Waals surface area contributed by atoms with Crippen LogP contribution in [-0.4, -0.2) is 47.5 Å². The van der Waals surface area contributed by atoms with Crippen LogP contribution in [0.1, 0.15) is 42.6 Å². The number of aliphatic hydroxyl groups excluding tert-OH is 2. The van der Waals surface area contributed by atoms with Crippen molar-refractivity contribution in [3.05, 3.63) is 59.7 Å². The van der Waals surface area contributed by atoms with Gasteiger partial charge < -0.3 is 24.6 Å². The molecule has 0 aliphatic carbocycles. The number of hydrogen-bond acceptors (Lipinski definition) is 5. The van der Waals surface area contributed by atoms with Crippen molar-refractivity contribution in [2.75, 3.05) is 26.7 Å². The number of fused-ring (bicyclic) bond motifs is 1. The van der Waals surface area contributed by atoms with Crippen molar-refractivity contribution in [1.29, 1.82) is 0 Å². The van der Waals surface area contributed by atoms with E-state index in [0.29, 0.717) is 13.0 Å². The van der Waals surface area contributed by atoms with E-state index in [1.165, 1.54) is 0 Å². The van der Waals surface area contributed by atoms with E-state index in [0.717, 1.165) is 48.6 Å². The molecule has 5 nitrogen and oxygen atoms in total. The van der Waals surface area contributed by atoms with E-state index in [9.17, 15) is 10.2 Å². The molecule has 2 atom stereocenters. The molecule has 2 aromatic carbocycles. The summed E-state index contributed by atoms with van der Waals surface area (Å²) < 4.78 is 11.5. The number of ether oxygens (including phenoxy) is 2. The van der Waals surface area contributed by atoms with Gasteiger partial charge in [0, 0.05) is 31.6 Å². The van der Waals surface area contributed by atoms with Crippen LogP contribution in [0.5, 0.6) is 11.5 Å². The molecular weight excluding hydrogens is 342 g/mol. The Morgan fingerprint density at radius 3 is 2.56 bits per heavy atom. The highest BCUT2D eigenvalue weighted by Crippen LogP contribution is 2.44. The van der Waals surface area contributed by atoms with Crippen molar-refractivity contribution in [2.24, 2.45) is 0 Å². The molecule has 5 heteroatoms. The van der Waals surface area contributed by atoms with Gasteiger partial charge in [0.15, 0.2) is 0 Å². The SMILES string of the molecule is COc1ccc(C(O)CN2CCC3(CC2)CC(O)c2ccccc2O3)cc1. The first-order chi connectivity index (χ1) is 13.1. The van der Waals surface area contributed by atoms with Crippen LogP contribution < -0.4 is 9.47 Å². The van der Waals surface area contributed by atoms with Gasteiger partial charge in [0.2, 0.25) is 0 Å². The average molecular weight is 369 g/mol. The lowest BCUT2D eigenvalue weighted by molar-refractivity contribution is -0.0587. The third kappa shape index (κ3) is 3.81. The molecule has 1 saturated heterocycles. The van der Waals surface area contributed by atoms with Crippen LogP contribution in [0.4, 0.5) is 0 Å². The summed E-state index contributed by atoms with van der Waals surface area (Å²) in [5, 5.41) is 21.1. The number of likely N-dealkylation sites (tertiary alicyclic amines) is 1. The highest BCUT2D eigenvalue weighted by atomic mass is 16.5. The first-order valence-electron chi connectivity index (χ1n) is 9.59. The molecule has 0 radical (unpaired) electrons. The molecule has 0 saturated carbocycles. The quantitative estimate of drug-likeness (QED) is 0.867. The van der Waals surface area contributed by atoms with Crippen molar-refractivity contribution < 1.29 is 19.7 Å². The van der Waals surface area contributed by atoms with Crippen LogP contribution in [0.2, 0.25) is 0 Å². The topological polar surface area (TPSA) is 62.2 Å². The van der Waals surface area contributed by atoms with E-state index < -0.39 is 12.2 Å². The molecule has 0 bridgehead atoms. The van der Waals surface area contributed by atoms with Gasteiger partial charge in [0.1, 0.15) is 17.1 Å². The Hall–Kier alpha value is -2.08.